The maximum absolute atomic E-state index is 12.0. The largest absolute Gasteiger partial charge is 0.497 e. The van der Waals surface area contributed by atoms with Crippen molar-refractivity contribution in [2.24, 2.45) is 11.7 Å². The summed E-state index contributed by atoms with van der Waals surface area (Å²) < 4.78 is 10.6. The zero-order valence-corrected chi connectivity index (χ0v) is 11.2. The van der Waals surface area contributed by atoms with Crippen LogP contribution >= 0.6 is 0 Å². The molecule has 1 atom stereocenters. The Morgan fingerprint density at radius 2 is 2.26 bits per heavy atom. The standard InChI is InChI=1S/C14H20N2O3/c1-18-12-3-2-4-13(7-12)19-10-14(17)16-6-5-11(8-15)9-16/h2-4,7,11H,5-6,8-10,15H2,1H3/t11-/m1/s1. The Labute approximate surface area is 113 Å². The molecule has 0 saturated carbocycles. The van der Waals surface area contributed by atoms with E-state index >= 15 is 0 Å². The molecule has 1 amide bonds. The molecule has 0 radical (unpaired) electrons. The van der Waals surface area contributed by atoms with Gasteiger partial charge >= 0.3 is 0 Å². The Kier molecular flexibility index (Phi) is 4.63. The summed E-state index contributed by atoms with van der Waals surface area (Å²) in [4.78, 5) is 13.8. The van der Waals surface area contributed by atoms with Crippen molar-refractivity contribution in [1.29, 1.82) is 0 Å². The second-order valence-electron chi connectivity index (χ2n) is 4.70. The molecule has 1 aromatic carbocycles. The number of nitrogens with two attached hydrogens (primary N) is 1. The molecule has 5 nitrogen and oxygen atoms in total. The number of likely N-dealkylation sites (tertiary alicyclic amines) is 1. The summed E-state index contributed by atoms with van der Waals surface area (Å²) in [6, 6.07) is 7.24. The lowest BCUT2D eigenvalue weighted by Crippen LogP contribution is -2.33. The van der Waals surface area contributed by atoms with Crippen LogP contribution in [0.2, 0.25) is 0 Å². The fourth-order valence-corrected chi connectivity index (χ4v) is 2.18. The van der Waals surface area contributed by atoms with Crippen LogP contribution in [-0.2, 0) is 4.79 Å². The second kappa shape index (κ2) is 6.43. The molecule has 1 fully saturated rings. The van der Waals surface area contributed by atoms with E-state index in [1.165, 1.54) is 0 Å². The van der Waals surface area contributed by atoms with E-state index in [1.807, 2.05) is 23.1 Å². The van der Waals surface area contributed by atoms with Gasteiger partial charge in [-0.25, -0.2) is 0 Å². The van der Waals surface area contributed by atoms with Crippen molar-refractivity contribution < 1.29 is 14.3 Å². The Morgan fingerprint density at radius 3 is 2.95 bits per heavy atom. The van der Waals surface area contributed by atoms with E-state index in [9.17, 15) is 4.79 Å². The zero-order chi connectivity index (χ0) is 13.7. The normalized spacial score (nSPS) is 18.4. The van der Waals surface area contributed by atoms with Gasteiger partial charge in [-0.15, -0.1) is 0 Å². The summed E-state index contributed by atoms with van der Waals surface area (Å²) >= 11 is 0. The van der Waals surface area contributed by atoms with E-state index in [0.717, 1.165) is 19.5 Å². The third-order valence-electron chi connectivity index (χ3n) is 3.38. The lowest BCUT2D eigenvalue weighted by molar-refractivity contribution is -0.132. The van der Waals surface area contributed by atoms with Gasteiger partial charge in [0, 0.05) is 19.2 Å². The molecule has 2 rings (SSSR count). The lowest BCUT2D eigenvalue weighted by atomic mass is 10.1. The maximum atomic E-state index is 12.0. The highest BCUT2D eigenvalue weighted by molar-refractivity contribution is 5.78. The zero-order valence-electron chi connectivity index (χ0n) is 11.2. The third-order valence-corrected chi connectivity index (χ3v) is 3.38. The van der Waals surface area contributed by atoms with Crippen molar-refractivity contribution in [2.45, 2.75) is 6.42 Å². The Morgan fingerprint density at radius 1 is 1.47 bits per heavy atom. The summed E-state index contributed by atoms with van der Waals surface area (Å²) in [5.41, 5.74) is 5.61. The third kappa shape index (κ3) is 3.61. The number of carbonyl (C=O) groups is 1. The number of hydrogen-bond acceptors (Lipinski definition) is 4. The van der Waals surface area contributed by atoms with Crippen LogP contribution in [0.5, 0.6) is 11.5 Å². The molecule has 5 heteroatoms. The van der Waals surface area contributed by atoms with Crippen molar-refractivity contribution >= 4 is 5.91 Å². The molecular formula is C14H20N2O3. The van der Waals surface area contributed by atoms with E-state index in [0.29, 0.717) is 24.0 Å². The topological polar surface area (TPSA) is 64.8 Å². The van der Waals surface area contributed by atoms with Gasteiger partial charge in [0.25, 0.3) is 5.91 Å². The predicted molar refractivity (Wildman–Crippen MR) is 72.2 cm³/mol. The first-order chi connectivity index (χ1) is 9.22. The van der Waals surface area contributed by atoms with Gasteiger partial charge in [-0.2, -0.15) is 0 Å². The van der Waals surface area contributed by atoms with E-state index in [-0.39, 0.29) is 12.5 Å². The van der Waals surface area contributed by atoms with Crippen LogP contribution in [0.25, 0.3) is 0 Å². The van der Waals surface area contributed by atoms with E-state index in [1.54, 1.807) is 13.2 Å². The number of benzene rings is 1. The van der Waals surface area contributed by atoms with Gasteiger partial charge in [0.05, 0.1) is 7.11 Å². The number of carbonyl (C=O) groups excluding carboxylic acids is 1. The Hall–Kier alpha value is -1.75. The summed E-state index contributed by atoms with van der Waals surface area (Å²) in [7, 11) is 1.60. The van der Waals surface area contributed by atoms with Gasteiger partial charge in [0.1, 0.15) is 11.5 Å². The molecule has 1 aliphatic heterocycles. The Balaban J connectivity index is 1.83. The van der Waals surface area contributed by atoms with Gasteiger partial charge in [0.15, 0.2) is 6.61 Å². The number of ether oxygens (including phenoxy) is 2. The first-order valence-corrected chi connectivity index (χ1v) is 6.47. The van der Waals surface area contributed by atoms with Crippen molar-refractivity contribution in [2.75, 3.05) is 33.4 Å². The van der Waals surface area contributed by atoms with Crippen molar-refractivity contribution in [3.05, 3.63) is 24.3 Å². The molecule has 1 heterocycles. The highest BCUT2D eigenvalue weighted by atomic mass is 16.5. The van der Waals surface area contributed by atoms with Gasteiger partial charge in [-0.1, -0.05) is 6.07 Å². The molecule has 19 heavy (non-hydrogen) atoms. The molecule has 1 saturated heterocycles. The van der Waals surface area contributed by atoms with Gasteiger partial charge in [0.2, 0.25) is 0 Å². The first kappa shape index (κ1) is 13.7. The van der Waals surface area contributed by atoms with E-state index in [4.69, 9.17) is 15.2 Å². The molecule has 1 aromatic rings. The Bertz CT molecular complexity index is 436. The monoisotopic (exact) mass is 264 g/mol. The predicted octanol–water partition coefficient (Wildman–Crippen LogP) is 0.881. The maximum Gasteiger partial charge on any atom is 0.260 e. The van der Waals surface area contributed by atoms with Crippen LogP contribution in [0.1, 0.15) is 6.42 Å². The van der Waals surface area contributed by atoms with Crippen LogP contribution in [0.3, 0.4) is 0 Å². The molecule has 0 aliphatic carbocycles. The quantitative estimate of drug-likeness (QED) is 0.857. The summed E-state index contributed by atoms with van der Waals surface area (Å²) in [5.74, 6) is 1.80. The molecular weight excluding hydrogens is 244 g/mol. The lowest BCUT2D eigenvalue weighted by Gasteiger charge is -2.16. The van der Waals surface area contributed by atoms with Crippen molar-refractivity contribution in [3.8, 4) is 11.5 Å². The first-order valence-electron chi connectivity index (χ1n) is 6.47. The van der Waals surface area contributed by atoms with Crippen molar-refractivity contribution in [3.63, 3.8) is 0 Å². The average Bonchev–Trinajstić information content (AvgIpc) is 2.94. The number of rotatable bonds is 5. The van der Waals surface area contributed by atoms with Gasteiger partial charge in [-0.3, -0.25) is 4.79 Å². The van der Waals surface area contributed by atoms with E-state index < -0.39 is 0 Å². The number of methoxy groups -OCH3 is 1. The summed E-state index contributed by atoms with van der Waals surface area (Å²) in [6.07, 6.45) is 0.987. The molecule has 0 bridgehead atoms. The number of hydrogen-bond donors (Lipinski definition) is 1. The van der Waals surface area contributed by atoms with Crippen LogP contribution in [0.4, 0.5) is 0 Å². The van der Waals surface area contributed by atoms with Crippen LogP contribution in [0, 0.1) is 5.92 Å². The van der Waals surface area contributed by atoms with E-state index in [2.05, 4.69) is 0 Å². The molecule has 0 spiro atoms. The molecule has 1 aliphatic rings. The number of amides is 1. The minimum atomic E-state index is 0.0127. The minimum absolute atomic E-state index is 0.0127. The van der Waals surface area contributed by atoms with Crippen LogP contribution in [0.15, 0.2) is 24.3 Å². The molecule has 2 N–H and O–H groups in total. The summed E-state index contributed by atoms with van der Waals surface area (Å²) in [5, 5.41) is 0. The second-order valence-corrected chi connectivity index (χ2v) is 4.70. The molecule has 0 aromatic heterocycles. The number of nitrogens with zero attached hydrogens (tertiary/aromatic N) is 1. The fraction of sp³-hybridized carbons (Fsp3) is 0.500. The smallest absolute Gasteiger partial charge is 0.260 e. The average molecular weight is 264 g/mol. The SMILES string of the molecule is COc1cccc(OCC(=O)N2CC[C@H](CN)C2)c1. The van der Waals surface area contributed by atoms with Crippen molar-refractivity contribution in [1.82, 2.24) is 4.90 Å². The van der Waals surface area contributed by atoms with Gasteiger partial charge in [-0.05, 0) is 31.0 Å². The highest BCUT2D eigenvalue weighted by Gasteiger charge is 2.25. The van der Waals surface area contributed by atoms with Crippen LogP contribution in [-0.4, -0.2) is 44.2 Å². The fourth-order valence-electron chi connectivity index (χ4n) is 2.18. The highest BCUT2D eigenvalue weighted by Crippen LogP contribution is 2.19. The molecule has 0 unspecified atom stereocenters. The van der Waals surface area contributed by atoms with Gasteiger partial charge < -0.3 is 20.1 Å². The minimum Gasteiger partial charge on any atom is -0.497 e. The van der Waals surface area contributed by atoms with Crippen LogP contribution < -0.4 is 15.2 Å². The molecule has 104 valence electrons. The summed E-state index contributed by atoms with van der Waals surface area (Å²) in [6.45, 7) is 2.23.